The van der Waals surface area contributed by atoms with Crippen molar-refractivity contribution in [1.82, 2.24) is 4.90 Å². The summed E-state index contributed by atoms with van der Waals surface area (Å²) in [6.07, 6.45) is 1.90. The molecule has 1 aliphatic heterocycles. The Labute approximate surface area is 121 Å². The molecule has 0 aromatic heterocycles. The molecule has 0 amide bonds. The lowest BCUT2D eigenvalue weighted by Gasteiger charge is -2.30. The highest BCUT2D eigenvalue weighted by molar-refractivity contribution is 5.51. The molecule has 0 atom stereocenters. The topological polar surface area (TPSA) is 47.7 Å². The number of rotatable bonds is 7. The Hall–Kier alpha value is -1.10. The van der Waals surface area contributed by atoms with E-state index in [1.807, 2.05) is 26.0 Å². The largest absolute Gasteiger partial charge is 0.398 e. The average Bonchev–Trinajstić information content (AvgIpc) is 2.46. The third-order valence-corrected chi connectivity index (χ3v) is 3.77. The fourth-order valence-electron chi connectivity index (χ4n) is 2.73. The van der Waals surface area contributed by atoms with E-state index in [9.17, 15) is 0 Å². The Bertz CT molecular complexity index is 417. The van der Waals surface area contributed by atoms with Crippen molar-refractivity contribution in [2.45, 2.75) is 39.5 Å². The molecule has 1 aliphatic rings. The monoisotopic (exact) mass is 278 g/mol. The molecular formula is C16H26N2O2. The third-order valence-electron chi connectivity index (χ3n) is 3.77. The van der Waals surface area contributed by atoms with Gasteiger partial charge in [0.2, 0.25) is 0 Å². The van der Waals surface area contributed by atoms with Crippen molar-refractivity contribution in [3.8, 4) is 0 Å². The molecule has 0 bridgehead atoms. The molecular weight excluding hydrogens is 252 g/mol. The first-order valence-electron chi connectivity index (χ1n) is 7.56. The highest BCUT2D eigenvalue weighted by Crippen LogP contribution is 2.24. The van der Waals surface area contributed by atoms with Crippen LogP contribution in [0.15, 0.2) is 18.2 Å². The SMILES string of the molecule is CCOC(CCN1CCc2cccc(N)c2C1)OCC. The molecule has 4 heteroatoms. The quantitative estimate of drug-likeness (QED) is 0.614. The summed E-state index contributed by atoms with van der Waals surface area (Å²) in [5.74, 6) is 0. The van der Waals surface area contributed by atoms with Crippen LogP contribution in [0.4, 0.5) is 5.69 Å². The number of ether oxygens (including phenoxy) is 2. The van der Waals surface area contributed by atoms with Crippen LogP contribution in [-0.4, -0.2) is 37.5 Å². The van der Waals surface area contributed by atoms with E-state index in [4.69, 9.17) is 15.2 Å². The van der Waals surface area contributed by atoms with Gasteiger partial charge in [0.1, 0.15) is 0 Å². The van der Waals surface area contributed by atoms with Gasteiger partial charge in [-0.3, -0.25) is 4.90 Å². The van der Waals surface area contributed by atoms with E-state index < -0.39 is 0 Å². The zero-order valence-electron chi connectivity index (χ0n) is 12.6. The van der Waals surface area contributed by atoms with Gasteiger partial charge in [0, 0.05) is 45.0 Å². The minimum absolute atomic E-state index is 0.0838. The minimum Gasteiger partial charge on any atom is -0.398 e. The van der Waals surface area contributed by atoms with Crippen molar-refractivity contribution in [3.63, 3.8) is 0 Å². The maximum absolute atomic E-state index is 6.08. The fourth-order valence-corrected chi connectivity index (χ4v) is 2.73. The highest BCUT2D eigenvalue weighted by atomic mass is 16.7. The van der Waals surface area contributed by atoms with Gasteiger partial charge >= 0.3 is 0 Å². The number of benzene rings is 1. The van der Waals surface area contributed by atoms with Gasteiger partial charge in [0.15, 0.2) is 6.29 Å². The van der Waals surface area contributed by atoms with Crippen LogP contribution in [-0.2, 0) is 22.4 Å². The molecule has 4 nitrogen and oxygen atoms in total. The zero-order chi connectivity index (χ0) is 14.4. The molecule has 0 aliphatic carbocycles. The van der Waals surface area contributed by atoms with E-state index in [0.29, 0.717) is 13.2 Å². The number of nitrogens with two attached hydrogens (primary N) is 1. The summed E-state index contributed by atoms with van der Waals surface area (Å²) in [4.78, 5) is 2.43. The maximum Gasteiger partial charge on any atom is 0.158 e. The average molecular weight is 278 g/mol. The lowest BCUT2D eigenvalue weighted by molar-refractivity contribution is -0.142. The Morgan fingerprint density at radius 2 is 2.00 bits per heavy atom. The van der Waals surface area contributed by atoms with Crippen LogP contribution in [0.5, 0.6) is 0 Å². The number of nitrogens with zero attached hydrogens (tertiary/aromatic N) is 1. The van der Waals surface area contributed by atoms with Crippen molar-refractivity contribution in [1.29, 1.82) is 0 Å². The first-order valence-corrected chi connectivity index (χ1v) is 7.56. The summed E-state index contributed by atoms with van der Waals surface area (Å²) in [7, 11) is 0. The van der Waals surface area contributed by atoms with Gasteiger partial charge in [-0.25, -0.2) is 0 Å². The molecule has 0 spiro atoms. The second-order valence-corrected chi connectivity index (χ2v) is 5.14. The second kappa shape index (κ2) is 7.62. The molecule has 20 heavy (non-hydrogen) atoms. The van der Waals surface area contributed by atoms with Crippen LogP contribution in [0.25, 0.3) is 0 Å². The van der Waals surface area contributed by atoms with E-state index in [0.717, 1.165) is 38.2 Å². The molecule has 2 N–H and O–H groups in total. The van der Waals surface area contributed by atoms with Crippen molar-refractivity contribution < 1.29 is 9.47 Å². The number of fused-ring (bicyclic) bond motifs is 1. The molecule has 1 aromatic carbocycles. The number of anilines is 1. The van der Waals surface area contributed by atoms with E-state index in [-0.39, 0.29) is 6.29 Å². The van der Waals surface area contributed by atoms with Gasteiger partial charge in [-0.15, -0.1) is 0 Å². The Morgan fingerprint density at radius 1 is 1.25 bits per heavy atom. The number of hydrogen-bond donors (Lipinski definition) is 1. The van der Waals surface area contributed by atoms with Crippen LogP contribution in [0.3, 0.4) is 0 Å². The maximum atomic E-state index is 6.08. The van der Waals surface area contributed by atoms with Crippen LogP contribution in [0.1, 0.15) is 31.4 Å². The summed E-state index contributed by atoms with van der Waals surface area (Å²) in [5.41, 5.74) is 9.68. The number of nitrogen functional groups attached to an aromatic ring is 1. The smallest absolute Gasteiger partial charge is 0.158 e. The molecule has 0 fully saturated rings. The van der Waals surface area contributed by atoms with Gasteiger partial charge < -0.3 is 15.2 Å². The molecule has 0 radical (unpaired) electrons. The molecule has 1 aromatic rings. The van der Waals surface area contributed by atoms with Crippen molar-refractivity contribution >= 4 is 5.69 Å². The van der Waals surface area contributed by atoms with E-state index >= 15 is 0 Å². The molecule has 2 rings (SSSR count). The fraction of sp³-hybridized carbons (Fsp3) is 0.625. The summed E-state index contributed by atoms with van der Waals surface area (Å²) < 4.78 is 11.2. The lowest BCUT2D eigenvalue weighted by atomic mass is 9.98. The third kappa shape index (κ3) is 3.95. The summed E-state index contributed by atoms with van der Waals surface area (Å²) >= 11 is 0. The van der Waals surface area contributed by atoms with Crippen LogP contribution < -0.4 is 5.73 Å². The summed E-state index contributed by atoms with van der Waals surface area (Å²) in [5, 5.41) is 0. The molecule has 0 unspecified atom stereocenters. The van der Waals surface area contributed by atoms with Crippen molar-refractivity contribution in [2.24, 2.45) is 0 Å². The Kier molecular flexibility index (Phi) is 5.83. The van der Waals surface area contributed by atoms with Crippen molar-refractivity contribution in [3.05, 3.63) is 29.3 Å². The molecule has 0 saturated carbocycles. The van der Waals surface area contributed by atoms with Crippen molar-refractivity contribution in [2.75, 3.05) is 32.0 Å². The Balaban J connectivity index is 1.88. The van der Waals surface area contributed by atoms with Crippen LogP contribution in [0, 0.1) is 0 Å². The predicted molar refractivity (Wildman–Crippen MR) is 81.5 cm³/mol. The molecule has 112 valence electrons. The predicted octanol–water partition coefficient (Wildman–Crippen LogP) is 2.42. The second-order valence-electron chi connectivity index (χ2n) is 5.14. The first kappa shape index (κ1) is 15.3. The van der Waals surface area contributed by atoms with Gasteiger partial charge in [-0.1, -0.05) is 12.1 Å². The van der Waals surface area contributed by atoms with Gasteiger partial charge in [0.05, 0.1) is 0 Å². The highest BCUT2D eigenvalue weighted by Gasteiger charge is 2.19. The Morgan fingerprint density at radius 3 is 2.70 bits per heavy atom. The van der Waals surface area contributed by atoms with E-state index in [1.165, 1.54) is 11.1 Å². The zero-order valence-corrected chi connectivity index (χ0v) is 12.6. The molecule has 0 saturated heterocycles. The molecule has 1 heterocycles. The van der Waals surface area contributed by atoms with Crippen LogP contribution >= 0.6 is 0 Å². The van der Waals surface area contributed by atoms with Gasteiger partial charge in [-0.2, -0.15) is 0 Å². The van der Waals surface area contributed by atoms with Gasteiger partial charge in [0.25, 0.3) is 0 Å². The van der Waals surface area contributed by atoms with Gasteiger partial charge in [-0.05, 0) is 37.5 Å². The number of hydrogen-bond acceptors (Lipinski definition) is 4. The first-order chi connectivity index (χ1) is 9.74. The summed E-state index contributed by atoms with van der Waals surface area (Å²) in [6, 6.07) is 6.22. The van der Waals surface area contributed by atoms with E-state index in [2.05, 4.69) is 11.0 Å². The normalized spacial score (nSPS) is 15.6. The lowest BCUT2D eigenvalue weighted by Crippen LogP contribution is -2.34. The minimum atomic E-state index is -0.0838. The standard InChI is InChI=1S/C16H26N2O2/c1-3-19-16(20-4-2)9-11-18-10-8-13-6-5-7-15(17)14(13)12-18/h5-7,16H,3-4,8-12,17H2,1-2H3. The van der Waals surface area contributed by atoms with Crippen LogP contribution in [0.2, 0.25) is 0 Å². The summed E-state index contributed by atoms with van der Waals surface area (Å²) in [6.45, 7) is 8.40. The van der Waals surface area contributed by atoms with E-state index in [1.54, 1.807) is 0 Å².